The van der Waals surface area contributed by atoms with Crippen molar-refractivity contribution in [2.75, 3.05) is 5.32 Å². The van der Waals surface area contributed by atoms with Gasteiger partial charge in [-0.25, -0.2) is 4.79 Å². The number of amides is 3. The molecule has 0 aliphatic rings. The average molecular weight is 379 g/mol. The molecule has 1 atom stereocenters. The van der Waals surface area contributed by atoms with E-state index in [1.165, 1.54) is 11.8 Å². The second-order valence-corrected chi connectivity index (χ2v) is 6.74. The predicted octanol–water partition coefficient (Wildman–Crippen LogP) is 4.28. The van der Waals surface area contributed by atoms with E-state index in [1.54, 1.807) is 19.1 Å². The van der Waals surface area contributed by atoms with Gasteiger partial charge in [-0.05, 0) is 47.1 Å². The zero-order valence-corrected chi connectivity index (χ0v) is 14.3. The number of anilines is 1. The van der Waals surface area contributed by atoms with Crippen molar-refractivity contribution in [3.8, 4) is 0 Å². The Morgan fingerprint density at radius 3 is 2.36 bits per heavy atom. The Balaban J connectivity index is 1.88. The lowest BCUT2D eigenvalue weighted by molar-refractivity contribution is -0.119. The van der Waals surface area contributed by atoms with Crippen molar-refractivity contribution in [2.24, 2.45) is 0 Å². The van der Waals surface area contributed by atoms with Crippen molar-refractivity contribution in [2.45, 2.75) is 17.1 Å². The van der Waals surface area contributed by atoms with Gasteiger partial charge in [0.1, 0.15) is 0 Å². The lowest BCUT2D eigenvalue weighted by Crippen LogP contribution is -2.38. The molecule has 22 heavy (non-hydrogen) atoms. The summed E-state index contributed by atoms with van der Waals surface area (Å²) in [6.45, 7) is 1.76. The van der Waals surface area contributed by atoms with Gasteiger partial charge in [0.15, 0.2) is 0 Å². The molecule has 0 aliphatic carbocycles. The third-order valence-electron chi connectivity index (χ3n) is 2.78. The molecule has 0 bridgehead atoms. The first kappa shape index (κ1) is 16.6. The van der Waals surface area contributed by atoms with E-state index in [4.69, 9.17) is 0 Å². The van der Waals surface area contributed by atoms with Crippen molar-refractivity contribution in [3.05, 3.63) is 59.1 Å². The van der Waals surface area contributed by atoms with Gasteiger partial charge in [0.2, 0.25) is 5.91 Å². The normalized spacial score (nSPS) is 11.5. The summed E-state index contributed by atoms with van der Waals surface area (Å²) in [5.74, 6) is -0.339. The third-order valence-corrected chi connectivity index (χ3v) is 4.91. The third kappa shape index (κ3) is 4.89. The Labute approximate surface area is 141 Å². The average Bonchev–Trinajstić information content (AvgIpc) is 2.50. The van der Waals surface area contributed by atoms with Gasteiger partial charge in [0.25, 0.3) is 0 Å². The zero-order chi connectivity index (χ0) is 15.9. The monoisotopic (exact) mass is 378 g/mol. The molecule has 0 saturated carbocycles. The number of benzene rings is 2. The molecule has 3 amide bonds. The minimum absolute atomic E-state index is 0.339. The largest absolute Gasteiger partial charge is 0.325 e. The molecule has 6 heteroatoms. The molecule has 4 nitrogen and oxygen atoms in total. The summed E-state index contributed by atoms with van der Waals surface area (Å²) in [6.07, 6.45) is 0. The lowest BCUT2D eigenvalue weighted by atomic mass is 10.3. The van der Waals surface area contributed by atoms with Gasteiger partial charge in [0.05, 0.1) is 5.25 Å². The molecular formula is C16H15BrN2O2S. The number of urea groups is 1. The summed E-state index contributed by atoms with van der Waals surface area (Å²) in [5, 5.41) is 4.57. The van der Waals surface area contributed by atoms with Crippen LogP contribution in [0.5, 0.6) is 0 Å². The number of nitrogens with one attached hydrogen (secondary N) is 2. The van der Waals surface area contributed by atoms with E-state index in [0.717, 1.165) is 9.37 Å². The molecule has 114 valence electrons. The van der Waals surface area contributed by atoms with Gasteiger partial charge >= 0.3 is 6.03 Å². The smallest absolute Gasteiger partial charge is 0.308 e. The molecule has 0 saturated heterocycles. The molecule has 0 spiro atoms. The fourth-order valence-corrected chi connectivity index (χ4v) is 3.13. The number of para-hydroxylation sites is 1. The highest BCUT2D eigenvalue weighted by atomic mass is 79.9. The number of carbonyl (C=O) groups excluding carboxylic acids is 2. The summed E-state index contributed by atoms with van der Waals surface area (Å²) < 4.78 is 0.924. The van der Waals surface area contributed by atoms with Crippen molar-refractivity contribution >= 4 is 45.3 Å². The van der Waals surface area contributed by atoms with Crippen LogP contribution in [-0.4, -0.2) is 17.2 Å². The number of imide groups is 1. The van der Waals surface area contributed by atoms with Gasteiger partial charge in [-0.1, -0.05) is 30.3 Å². The predicted molar refractivity (Wildman–Crippen MR) is 93.1 cm³/mol. The van der Waals surface area contributed by atoms with E-state index in [-0.39, 0.29) is 11.2 Å². The van der Waals surface area contributed by atoms with Crippen LogP contribution in [0.2, 0.25) is 0 Å². The molecule has 2 N–H and O–H groups in total. The summed E-state index contributed by atoms with van der Waals surface area (Å²) in [4.78, 5) is 24.8. The minimum Gasteiger partial charge on any atom is -0.308 e. The van der Waals surface area contributed by atoms with Crippen molar-refractivity contribution in [3.63, 3.8) is 0 Å². The summed E-state index contributed by atoms with van der Waals surface area (Å²) in [6, 6.07) is 16.1. The molecule has 0 heterocycles. The van der Waals surface area contributed by atoms with Gasteiger partial charge in [-0.3, -0.25) is 10.1 Å². The lowest BCUT2D eigenvalue weighted by Gasteiger charge is -2.12. The van der Waals surface area contributed by atoms with Crippen LogP contribution >= 0.6 is 27.7 Å². The molecule has 0 fully saturated rings. The van der Waals surface area contributed by atoms with E-state index in [9.17, 15) is 9.59 Å². The standard InChI is InChI=1S/C16H15BrN2O2S/c1-11(22-14-10-6-5-9-13(14)17)15(20)19-16(21)18-12-7-3-2-4-8-12/h2-11H,1H3,(H2,18,19,20,21)/t11-/m0/s1. The highest BCUT2D eigenvalue weighted by molar-refractivity contribution is 9.10. The van der Waals surface area contributed by atoms with Crippen LogP contribution in [0.25, 0.3) is 0 Å². The van der Waals surface area contributed by atoms with Gasteiger partial charge in [-0.15, -0.1) is 11.8 Å². The number of hydrogen-bond acceptors (Lipinski definition) is 3. The number of thioether (sulfide) groups is 1. The molecule has 2 aromatic rings. The van der Waals surface area contributed by atoms with Gasteiger partial charge in [0, 0.05) is 15.1 Å². The maximum atomic E-state index is 12.1. The molecule has 2 aromatic carbocycles. The maximum absolute atomic E-state index is 12.1. The van der Waals surface area contributed by atoms with Crippen LogP contribution in [0.1, 0.15) is 6.92 Å². The molecule has 0 aromatic heterocycles. The van der Waals surface area contributed by atoms with E-state index >= 15 is 0 Å². The van der Waals surface area contributed by atoms with Crippen molar-refractivity contribution in [1.29, 1.82) is 0 Å². The first-order valence-corrected chi connectivity index (χ1v) is 8.31. The van der Waals surface area contributed by atoms with E-state index < -0.39 is 6.03 Å². The van der Waals surface area contributed by atoms with Crippen LogP contribution in [0.4, 0.5) is 10.5 Å². The van der Waals surface area contributed by atoms with Crippen LogP contribution in [0.3, 0.4) is 0 Å². The Bertz CT molecular complexity index is 664. The van der Waals surface area contributed by atoms with Crippen LogP contribution in [0.15, 0.2) is 64.0 Å². The van der Waals surface area contributed by atoms with Crippen LogP contribution in [0, 0.1) is 0 Å². The fourth-order valence-electron chi connectivity index (χ4n) is 1.68. The van der Waals surface area contributed by atoms with Crippen molar-refractivity contribution in [1.82, 2.24) is 5.32 Å². The van der Waals surface area contributed by atoms with E-state index in [0.29, 0.717) is 5.69 Å². The second-order valence-electron chi connectivity index (χ2n) is 4.50. The van der Waals surface area contributed by atoms with Gasteiger partial charge < -0.3 is 5.32 Å². The zero-order valence-electron chi connectivity index (χ0n) is 11.9. The molecule has 0 unspecified atom stereocenters. The quantitative estimate of drug-likeness (QED) is 0.780. The number of rotatable bonds is 4. The first-order valence-electron chi connectivity index (χ1n) is 6.64. The Hall–Kier alpha value is -1.79. The summed E-state index contributed by atoms with van der Waals surface area (Å²) >= 11 is 4.82. The van der Waals surface area contributed by atoms with E-state index in [2.05, 4.69) is 26.6 Å². The SMILES string of the molecule is C[C@H](Sc1ccccc1Br)C(=O)NC(=O)Nc1ccccc1. The summed E-state index contributed by atoms with van der Waals surface area (Å²) in [5.41, 5.74) is 0.638. The first-order chi connectivity index (χ1) is 10.6. The Kier molecular flexibility index (Phi) is 6.03. The topological polar surface area (TPSA) is 58.2 Å². The highest BCUT2D eigenvalue weighted by Crippen LogP contribution is 2.30. The van der Waals surface area contributed by atoms with Crippen molar-refractivity contribution < 1.29 is 9.59 Å². The highest BCUT2D eigenvalue weighted by Gasteiger charge is 2.18. The number of halogens is 1. The summed E-state index contributed by atoms with van der Waals surface area (Å²) in [7, 11) is 0. The fraction of sp³-hybridized carbons (Fsp3) is 0.125. The Morgan fingerprint density at radius 1 is 1.05 bits per heavy atom. The number of carbonyl (C=O) groups is 2. The second kappa shape index (κ2) is 8.00. The Morgan fingerprint density at radius 2 is 1.68 bits per heavy atom. The molecule has 0 aliphatic heterocycles. The maximum Gasteiger partial charge on any atom is 0.325 e. The van der Waals surface area contributed by atoms with Gasteiger partial charge in [-0.2, -0.15) is 0 Å². The molecular weight excluding hydrogens is 364 g/mol. The number of hydrogen-bond donors (Lipinski definition) is 2. The van der Waals surface area contributed by atoms with E-state index in [1.807, 2.05) is 42.5 Å². The van der Waals surface area contributed by atoms with Crippen LogP contribution < -0.4 is 10.6 Å². The minimum atomic E-state index is -0.532. The molecule has 2 rings (SSSR count). The van der Waals surface area contributed by atoms with Crippen LogP contribution in [-0.2, 0) is 4.79 Å². The molecule has 0 radical (unpaired) electrons.